The van der Waals surface area contributed by atoms with E-state index in [-0.39, 0.29) is 0 Å². The summed E-state index contributed by atoms with van der Waals surface area (Å²) in [5.74, 6) is 1.30. The van der Waals surface area contributed by atoms with Gasteiger partial charge in [0.15, 0.2) is 0 Å². The Hall–Kier alpha value is -0.530. The fraction of sp³-hybridized carbons (Fsp3) is 0.500. The van der Waals surface area contributed by atoms with Crippen molar-refractivity contribution in [3.05, 3.63) is 35.4 Å². The molecule has 1 aromatic rings. The Kier molecular flexibility index (Phi) is 3.09. The SMILES string of the molecule is NC1Cc2ccccc2C(CCCl)C1. The molecular formula is C12H16ClN. The molecule has 0 saturated carbocycles. The molecule has 1 aliphatic rings. The summed E-state index contributed by atoms with van der Waals surface area (Å²) in [6, 6.07) is 8.93. The van der Waals surface area contributed by atoms with E-state index in [0.29, 0.717) is 12.0 Å². The third kappa shape index (κ3) is 1.94. The lowest BCUT2D eigenvalue weighted by Crippen LogP contribution is -2.30. The monoisotopic (exact) mass is 209 g/mol. The van der Waals surface area contributed by atoms with Gasteiger partial charge in [-0.1, -0.05) is 24.3 Å². The molecule has 2 unspecified atom stereocenters. The lowest BCUT2D eigenvalue weighted by Gasteiger charge is -2.29. The highest BCUT2D eigenvalue weighted by Crippen LogP contribution is 2.33. The second kappa shape index (κ2) is 4.33. The first kappa shape index (κ1) is 10.0. The van der Waals surface area contributed by atoms with Gasteiger partial charge in [-0.05, 0) is 36.3 Å². The van der Waals surface area contributed by atoms with E-state index >= 15 is 0 Å². The molecule has 0 spiro atoms. The fourth-order valence-corrected chi connectivity index (χ4v) is 2.65. The van der Waals surface area contributed by atoms with Crippen LogP contribution in [0.2, 0.25) is 0 Å². The molecule has 14 heavy (non-hydrogen) atoms. The van der Waals surface area contributed by atoms with Crippen molar-refractivity contribution in [2.24, 2.45) is 5.73 Å². The number of fused-ring (bicyclic) bond motifs is 1. The van der Waals surface area contributed by atoms with E-state index in [1.807, 2.05) is 0 Å². The molecule has 2 heteroatoms. The molecule has 2 N–H and O–H groups in total. The second-order valence-electron chi connectivity index (χ2n) is 4.07. The van der Waals surface area contributed by atoms with Crippen molar-refractivity contribution < 1.29 is 0 Å². The van der Waals surface area contributed by atoms with E-state index in [1.54, 1.807) is 0 Å². The summed E-state index contributed by atoms with van der Waals surface area (Å²) < 4.78 is 0. The summed E-state index contributed by atoms with van der Waals surface area (Å²) in [5.41, 5.74) is 8.91. The van der Waals surface area contributed by atoms with Crippen LogP contribution in [0.5, 0.6) is 0 Å². The normalized spacial score (nSPS) is 25.9. The summed E-state index contributed by atoms with van der Waals surface area (Å²) in [4.78, 5) is 0. The Morgan fingerprint density at radius 1 is 1.36 bits per heavy atom. The summed E-state index contributed by atoms with van der Waals surface area (Å²) in [6.07, 6.45) is 3.16. The van der Waals surface area contributed by atoms with Crippen molar-refractivity contribution in [3.63, 3.8) is 0 Å². The molecule has 0 radical (unpaired) electrons. The molecule has 0 amide bonds. The van der Waals surface area contributed by atoms with E-state index in [2.05, 4.69) is 24.3 Å². The van der Waals surface area contributed by atoms with Crippen LogP contribution >= 0.6 is 11.6 Å². The van der Waals surface area contributed by atoms with Crippen molar-refractivity contribution in [1.29, 1.82) is 0 Å². The lowest BCUT2D eigenvalue weighted by atomic mass is 9.79. The van der Waals surface area contributed by atoms with Crippen LogP contribution in [0.15, 0.2) is 24.3 Å². The first-order chi connectivity index (χ1) is 6.81. The molecule has 76 valence electrons. The third-order valence-corrected chi connectivity index (χ3v) is 3.24. The zero-order chi connectivity index (χ0) is 9.97. The number of alkyl halides is 1. The van der Waals surface area contributed by atoms with Crippen LogP contribution in [0, 0.1) is 0 Å². The number of nitrogens with two attached hydrogens (primary N) is 1. The quantitative estimate of drug-likeness (QED) is 0.745. The smallest absolute Gasteiger partial charge is 0.0229 e. The maximum atomic E-state index is 6.03. The van der Waals surface area contributed by atoms with Crippen LogP contribution in [0.4, 0.5) is 0 Å². The van der Waals surface area contributed by atoms with Gasteiger partial charge in [0.2, 0.25) is 0 Å². The zero-order valence-electron chi connectivity index (χ0n) is 8.25. The minimum Gasteiger partial charge on any atom is -0.327 e. The number of benzene rings is 1. The first-order valence-electron chi connectivity index (χ1n) is 5.20. The summed E-state index contributed by atoms with van der Waals surface area (Å²) >= 11 is 5.81. The third-order valence-electron chi connectivity index (χ3n) is 3.02. The average molecular weight is 210 g/mol. The lowest BCUT2D eigenvalue weighted by molar-refractivity contribution is 0.481. The summed E-state index contributed by atoms with van der Waals surface area (Å²) in [7, 11) is 0. The first-order valence-corrected chi connectivity index (χ1v) is 5.74. The average Bonchev–Trinajstić information content (AvgIpc) is 2.18. The van der Waals surface area contributed by atoms with Crippen molar-refractivity contribution in [2.45, 2.75) is 31.2 Å². The standard InChI is InChI=1S/C12H16ClN/c13-6-5-10-8-11(14)7-9-3-1-2-4-12(9)10/h1-4,10-11H,5-8,14H2. The topological polar surface area (TPSA) is 26.0 Å². The number of halogens is 1. The molecule has 1 aromatic carbocycles. The van der Waals surface area contributed by atoms with Crippen LogP contribution in [-0.4, -0.2) is 11.9 Å². The molecule has 2 rings (SSSR count). The van der Waals surface area contributed by atoms with Gasteiger partial charge in [-0.25, -0.2) is 0 Å². The molecule has 0 aliphatic heterocycles. The minimum atomic E-state index is 0.318. The predicted octanol–water partition coefficient (Wildman–Crippen LogP) is 2.67. The largest absolute Gasteiger partial charge is 0.327 e. The molecule has 0 heterocycles. The molecule has 2 atom stereocenters. The van der Waals surface area contributed by atoms with Crippen LogP contribution in [-0.2, 0) is 6.42 Å². The number of rotatable bonds is 2. The fourth-order valence-electron chi connectivity index (χ4n) is 2.38. The van der Waals surface area contributed by atoms with Crippen molar-refractivity contribution in [1.82, 2.24) is 0 Å². The highest BCUT2D eigenvalue weighted by atomic mass is 35.5. The zero-order valence-corrected chi connectivity index (χ0v) is 9.00. The van der Waals surface area contributed by atoms with Gasteiger partial charge in [-0.3, -0.25) is 0 Å². The maximum absolute atomic E-state index is 6.03. The van der Waals surface area contributed by atoms with Crippen LogP contribution in [0.25, 0.3) is 0 Å². The van der Waals surface area contributed by atoms with E-state index in [4.69, 9.17) is 17.3 Å². The molecule has 0 saturated heterocycles. The number of hydrogen-bond donors (Lipinski definition) is 1. The van der Waals surface area contributed by atoms with Crippen LogP contribution in [0.3, 0.4) is 0 Å². The van der Waals surface area contributed by atoms with E-state index < -0.39 is 0 Å². The van der Waals surface area contributed by atoms with Crippen molar-refractivity contribution >= 4 is 11.6 Å². The molecule has 0 bridgehead atoms. The number of hydrogen-bond acceptors (Lipinski definition) is 1. The van der Waals surface area contributed by atoms with E-state index in [1.165, 1.54) is 11.1 Å². The second-order valence-corrected chi connectivity index (χ2v) is 4.45. The maximum Gasteiger partial charge on any atom is 0.0229 e. The molecule has 1 nitrogen and oxygen atoms in total. The predicted molar refractivity (Wildman–Crippen MR) is 60.8 cm³/mol. The Morgan fingerprint density at radius 2 is 2.14 bits per heavy atom. The summed E-state index contributed by atoms with van der Waals surface area (Å²) in [6.45, 7) is 0. The van der Waals surface area contributed by atoms with Crippen LogP contribution in [0.1, 0.15) is 29.9 Å². The molecule has 1 aliphatic carbocycles. The van der Waals surface area contributed by atoms with E-state index in [9.17, 15) is 0 Å². The van der Waals surface area contributed by atoms with Gasteiger partial charge in [-0.2, -0.15) is 0 Å². The van der Waals surface area contributed by atoms with Crippen molar-refractivity contribution in [3.8, 4) is 0 Å². The molecule has 0 aromatic heterocycles. The van der Waals surface area contributed by atoms with Gasteiger partial charge in [-0.15, -0.1) is 11.6 Å². The highest BCUT2D eigenvalue weighted by Gasteiger charge is 2.23. The minimum absolute atomic E-state index is 0.318. The summed E-state index contributed by atoms with van der Waals surface area (Å²) in [5, 5.41) is 0. The van der Waals surface area contributed by atoms with Gasteiger partial charge in [0, 0.05) is 11.9 Å². The Labute approximate surface area is 90.3 Å². The Bertz CT molecular complexity index is 311. The highest BCUT2D eigenvalue weighted by molar-refractivity contribution is 6.17. The van der Waals surface area contributed by atoms with Gasteiger partial charge < -0.3 is 5.73 Å². The molecule has 0 fully saturated rings. The molecular weight excluding hydrogens is 194 g/mol. The van der Waals surface area contributed by atoms with Gasteiger partial charge in [0.25, 0.3) is 0 Å². The van der Waals surface area contributed by atoms with Crippen LogP contribution < -0.4 is 5.73 Å². The Balaban J connectivity index is 2.28. The van der Waals surface area contributed by atoms with E-state index in [0.717, 1.165) is 25.1 Å². The van der Waals surface area contributed by atoms with Gasteiger partial charge >= 0.3 is 0 Å². The van der Waals surface area contributed by atoms with Gasteiger partial charge in [0.1, 0.15) is 0 Å². The Morgan fingerprint density at radius 3 is 2.93 bits per heavy atom. The van der Waals surface area contributed by atoms with Gasteiger partial charge in [0.05, 0.1) is 0 Å². The van der Waals surface area contributed by atoms with Crippen molar-refractivity contribution in [2.75, 3.05) is 5.88 Å².